The summed E-state index contributed by atoms with van der Waals surface area (Å²) in [6, 6.07) is 33.9. The van der Waals surface area contributed by atoms with Crippen molar-refractivity contribution in [2.75, 3.05) is 0 Å². The van der Waals surface area contributed by atoms with Crippen LogP contribution in [0.25, 0.3) is 11.4 Å². The van der Waals surface area contributed by atoms with Gasteiger partial charge >= 0.3 is 56.5 Å². The maximum Gasteiger partial charge on any atom is 0 e. The van der Waals surface area contributed by atoms with E-state index in [0.29, 0.717) is 23.7 Å². The molecule has 0 atom stereocenters. The maximum absolute atomic E-state index is 7.50. The Morgan fingerprint density at radius 2 is 0.759 bits per heavy atom. The van der Waals surface area contributed by atoms with Gasteiger partial charge in [0.2, 0.25) is 0 Å². The molecule has 0 unspecified atom stereocenters. The maximum atomic E-state index is 7.50. The summed E-state index contributed by atoms with van der Waals surface area (Å²) in [4.78, 5) is 0. The molecule has 1 aromatic heterocycles. The molecule has 0 radical (unpaired) electrons. The van der Waals surface area contributed by atoms with Crippen LogP contribution < -0.4 is 4.57 Å². The molecule has 0 spiro atoms. The Morgan fingerprint density at radius 1 is 0.463 bits per heavy atom. The zero-order chi connectivity index (χ0) is 41.5. The molecule has 8 heteroatoms. The Bertz CT molecular complexity index is 1580. The van der Waals surface area contributed by atoms with Crippen molar-refractivity contribution in [3.8, 4) is 11.4 Å². The number of aryl methyl sites for hydroxylation is 2. The van der Waals surface area contributed by atoms with Gasteiger partial charge in [0.15, 0.2) is 0 Å². The van der Waals surface area contributed by atoms with Crippen LogP contribution in [0.5, 0.6) is 0 Å². The third-order valence-electron chi connectivity index (χ3n) is 7.64. The van der Waals surface area contributed by atoms with Gasteiger partial charge in [0, 0.05) is 37.9 Å². The summed E-state index contributed by atoms with van der Waals surface area (Å²) in [6.45, 7) is 44.8. The summed E-state index contributed by atoms with van der Waals surface area (Å²) < 4.78 is 42.0. The van der Waals surface area contributed by atoms with Crippen molar-refractivity contribution in [2.24, 2.45) is 0 Å². The van der Waals surface area contributed by atoms with E-state index in [9.17, 15) is 0 Å². The topological polar surface area (TPSA) is 108 Å². The van der Waals surface area contributed by atoms with Crippen LogP contribution in [-0.4, -0.2) is 4.57 Å². The second-order valence-electron chi connectivity index (χ2n) is 12.6. The number of imidazole rings is 1. The van der Waals surface area contributed by atoms with E-state index in [1.807, 2.05) is 36.4 Å². The van der Waals surface area contributed by atoms with Crippen molar-refractivity contribution in [3.63, 3.8) is 0 Å². The summed E-state index contributed by atoms with van der Waals surface area (Å²) in [5.74, 6) is 1.85. The van der Waals surface area contributed by atoms with Crippen molar-refractivity contribution < 1.29 is 48.9 Å². The molecule has 54 heavy (non-hydrogen) atoms. The van der Waals surface area contributed by atoms with E-state index in [0.717, 1.165) is 0 Å². The van der Waals surface area contributed by atoms with Crippen molar-refractivity contribution >= 4 is 0 Å². The third-order valence-corrected chi connectivity index (χ3v) is 7.64. The molecule has 0 saturated heterocycles. The van der Waals surface area contributed by atoms with E-state index >= 15 is 0 Å². The number of aromatic nitrogens is 2. The van der Waals surface area contributed by atoms with Crippen LogP contribution in [0.2, 0.25) is 0 Å². The van der Waals surface area contributed by atoms with E-state index in [2.05, 4.69) is 191 Å². The molecule has 7 nitrogen and oxygen atoms in total. The van der Waals surface area contributed by atoms with E-state index < -0.39 is 0 Å². The predicted molar refractivity (Wildman–Crippen MR) is 204 cm³/mol. The van der Waals surface area contributed by atoms with Crippen molar-refractivity contribution in [2.45, 2.75) is 92.9 Å². The summed E-state index contributed by atoms with van der Waals surface area (Å²) in [5.41, 5.74) is 10.7. The van der Waals surface area contributed by atoms with Crippen LogP contribution in [0.1, 0.15) is 112 Å². The number of benzene rings is 4. The Balaban J connectivity index is -0.000000409. The second kappa shape index (κ2) is 34.3. The molecule has 5 aromatic rings. The van der Waals surface area contributed by atoms with Gasteiger partial charge in [-0.15, -0.1) is 0 Å². The first-order chi connectivity index (χ1) is 25.5. The fraction of sp³-hybridized carbons (Fsp3) is 0.304. The Hall–Kier alpha value is -4.52. The van der Waals surface area contributed by atoms with E-state index in [1.54, 1.807) is 0 Å². The van der Waals surface area contributed by atoms with Crippen LogP contribution in [-0.2, 0) is 44.3 Å². The van der Waals surface area contributed by atoms with Gasteiger partial charge in [-0.1, -0.05) is 175 Å². The molecule has 5 rings (SSSR count). The van der Waals surface area contributed by atoms with Gasteiger partial charge in [-0.3, -0.25) is 4.57 Å². The van der Waals surface area contributed by atoms with Gasteiger partial charge in [0.25, 0.3) is 0 Å². The number of nitrogens with zero attached hydrogens (tertiary/aromatic N) is 2. The van der Waals surface area contributed by atoms with Crippen LogP contribution in [0.4, 0.5) is 0 Å². The summed E-state index contributed by atoms with van der Waals surface area (Å²) in [5, 5.41) is 0. The SMILES string of the molecule is CC(C)c1cccc(C(C)C)c1-n1c[c-][n+](-c2c(C(C)C)cccc2C(C)C)c1.Cc1ccccc1.Cc1ccccc1.[C-]#[O+].[C-]#[O+].[C-]#[O+].[C-]#[O+].[C-]#[O+].[W]. The number of hydrogen-bond donors (Lipinski definition) is 0. The first-order valence-electron chi connectivity index (χ1n) is 16.8. The second-order valence-corrected chi connectivity index (χ2v) is 12.6. The van der Waals surface area contributed by atoms with Gasteiger partial charge in [0.05, 0.1) is 12.4 Å². The molecule has 1 heterocycles. The molecule has 0 aliphatic heterocycles. The number of para-hydroxylation sites is 2. The Labute approximate surface area is 338 Å². The fourth-order valence-electron chi connectivity index (χ4n) is 5.23. The molecule has 0 saturated carbocycles. The summed E-state index contributed by atoms with van der Waals surface area (Å²) >= 11 is 0. The van der Waals surface area contributed by atoms with E-state index in [4.69, 9.17) is 23.3 Å². The number of rotatable bonds is 6. The standard InChI is InChI=1S/C27H36N2.2C7H8.5CO.W/c1-18(2)22-11-9-12-23(19(3)4)26(22)28-15-16-29(17-28)27-24(20(5)6)13-10-14-25(27)21(7)8;2*1-7-5-3-2-4-6-7;5*1-2;/h9-15,17-21H,1-8H3;2*2-6H,1H3;;;;;;. The van der Waals surface area contributed by atoms with Gasteiger partial charge in [-0.05, 0) is 37.5 Å². The van der Waals surface area contributed by atoms with Gasteiger partial charge in [-0.2, -0.15) is 0 Å². The minimum atomic E-state index is 0. The van der Waals surface area contributed by atoms with Gasteiger partial charge in [-0.25, -0.2) is 0 Å². The average Bonchev–Trinajstić information content (AvgIpc) is 3.69. The average molecular weight is 897 g/mol. The van der Waals surface area contributed by atoms with Crippen molar-refractivity contribution in [3.05, 3.63) is 182 Å². The van der Waals surface area contributed by atoms with Crippen molar-refractivity contribution in [1.82, 2.24) is 4.57 Å². The smallest absolute Gasteiger partial charge is 0 e. The summed E-state index contributed by atoms with van der Waals surface area (Å²) in [6.07, 6.45) is 7.82. The van der Waals surface area contributed by atoms with Crippen LogP contribution >= 0.6 is 0 Å². The van der Waals surface area contributed by atoms with Gasteiger partial charge < -0.3 is 4.57 Å². The minimum Gasteiger partial charge on any atom is 0 e. The zero-order valence-corrected chi connectivity index (χ0v) is 36.0. The Morgan fingerprint density at radius 3 is 1.02 bits per heavy atom. The quantitative estimate of drug-likeness (QED) is 0.0919. The molecule has 0 N–H and O–H groups in total. The minimum absolute atomic E-state index is 0. The van der Waals surface area contributed by atoms with Crippen LogP contribution in [0, 0.1) is 53.3 Å². The third kappa shape index (κ3) is 19.5. The van der Waals surface area contributed by atoms with E-state index in [-0.39, 0.29) is 21.1 Å². The normalized spacial score (nSPS) is 8.89. The van der Waals surface area contributed by atoms with Crippen LogP contribution in [0.3, 0.4) is 0 Å². The molecular formula is C46H52N2O5W. The van der Waals surface area contributed by atoms with Crippen LogP contribution in [0.15, 0.2) is 110 Å². The molecule has 0 aliphatic rings. The molecule has 0 fully saturated rings. The van der Waals surface area contributed by atoms with Gasteiger partial charge in [0.1, 0.15) is 12.0 Å². The zero-order valence-electron chi connectivity index (χ0n) is 33.0. The molecule has 0 bridgehead atoms. The predicted octanol–water partition coefficient (Wildman–Crippen LogP) is 10.8. The molecule has 282 valence electrons. The monoisotopic (exact) mass is 896 g/mol. The first-order valence-corrected chi connectivity index (χ1v) is 16.8. The number of hydrogen-bond acceptors (Lipinski definition) is 0. The first kappa shape index (κ1) is 56.2. The van der Waals surface area contributed by atoms with E-state index in [1.165, 1.54) is 44.8 Å². The largest absolute Gasteiger partial charge is 0 e. The molecule has 0 aliphatic carbocycles. The van der Waals surface area contributed by atoms with Crippen molar-refractivity contribution in [1.29, 1.82) is 0 Å². The molecule has 0 amide bonds. The molecule has 4 aromatic carbocycles. The fourth-order valence-corrected chi connectivity index (χ4v) is 5.23. The molecular weight excluding hydrogens is 844 g/mol. The Kier molecular flexibility index (Phi) is 35.7. The summed E-state index contributed by atoms with van der Waals surface area (Å²) in [7, 11) is 0.